The Morgan fingerprint density at radius 3 is 0.806 bits per heavy atom. The van der Waals surface area contributed by atoms with Gasteiger partial charge in [0.1, 0.15) is 0 Å². The molecule has 0 amide bonds. The average molecular weight is 595 g/mol. The van der Waals surface area contributed by atoms with Gasteiger partial charge in [-0.3, -0.25) is 0 Å². The standard InChI is InChI=1S/3C8H16O2.Ho/c3*1-7(2)5-3-4-6-8(9)10;/h3*7H,3-6H2,1-2H3,(H,9,10);/q;;;+3/p-3. The van der Waals surface area contributed by atoms with Crippen LogP contribution in [0.3, 0.4) is 0 Å². The fourth-order valence-electron chi connectivity index (χ4n) is 2.47. The van der Waals surface area contributed by atoms with Gasteiger partial charge >= 0.3 is 37.7 Å². The SMILES string of the molecule is CC(C)CCCCC(=O)[O-].CC(C)CCCCC(=O)[O-].CC(C)CCCCC(=O)[O-].[Ho+3]. The third-order valence-corrected chi connectivity index (χ3v) is 4.24. The second-order valence-corrected chi connectivity index (χ2v) is 9.03. The molecule has 0 bridgehead atoms. The van der Waals surface area contributed by atoms with Gasteiger partial charge in [-0.1, -0.05) is 80.1 Å². The molecule has 0 atom stereocenters. The summed E-state index contributed by atoms with van der Waals surface area (Å²) in [6.07, 6.45) is 9.31. The van der Waals surface area contributed by atoms with Crippen molar-refractivity contribution in [1.29, 1.82) is 0 Å². The number of carbonyl (C=O) groups is 3. The molecule has 0 radical (unpaired) electrons. The van der Waals surface area contributed by atoms with Crippen molar-refractivity contribution in [1.82, 2.24) is 0 Å². The molecule has 188 valence electrons. The monoisotopic (exact) mass is 594 g/mol. The van der Waals surface area contributed by atoms with Gasteiger partial charge in [0.05, 0.1) is 0 Å². The topological polar surface area (TPSA) is 120 Å². The first-order valence-corrected chi connectivity index (χ1v) is 11.5. The number of unbranched alkanes of at least 4 members (excludes halogenated alkanes) is 3. The number of hydrogen-bond acceptors (Lipinski definition) is 6. The number of carbonyl (C=O) groups excluding carboxylic acids is 3. The molecule has 0 aliphatic rings. The van der Waals surface area contributed by atoms with E-state index in [1.54, 1.807) is 0 Å². The Morgan fingerprint density at radius 2 is 0.677 bits per heavy atom. The molecule has 0 N–H and O–H groups in total. The molecule has 0 aliphatic heterocycles. The normalized spacial score (nSPS) is 9.97. The Balaban J connectivity index is -0.000000174. The maximum Gasteiger partial charge on any atom is 3.00 e. The number of aliphatic carboxylic acids is 3. The van der Waals surface area contributed by atoms with Crippen LogP contribution < -0.4 is 15.3 Å². The van der Waals surface area contributed by atoms with Crippen LogP contribution in [-0.4, -0.2) is 17.9 Å². The van der Waals surface area contributed by atoms with E-state index in [0.29, 0.717) is 17.8 Å². The van der Waals surface area contributed by atoms with Crippen LogP contribution in [0.1, 0.15) is 119 Å². The number of rotatable bonds is 15. The summed E-state index contributed by atoms with van der Waals surface area (Å²) in [6.45, 7) is 12.8. The summed E-state index contributed by atoms with van der Waals surface area (Å²) >= 11 is 0. The Labute approximate surface area is 220 Å². The summed E-state index contributed by atoms with van der Waals surface area (Å²) in [7, 11) is 0. The summed E-state index contributed by atoms with van der Waals surface area (Å²) in [4.78, 5) is 29.8. The summed E-state index contributed by atoms with van der Waals surface area (Å²) in [5.74, 6) is -0.735. The zero-order valence-corrected chi connectivity index (χ0v) is 22.4. The van der Waals surface area contributed by atoms with E-state index >= 15 is 0 Å². The number of hydrogen-bond donors (Lipinski definition) is 0. The molecule has 0 aromatic carbocycles. The Kier molecular flexibility index (Phi) is 33.9. The van der Waals surface area contributed by atoms with Crippen LogP contribution in [0, 0.1) is 55.5 Å². The van der Waals surface area contributed by atoms with Crippen molar-refractivity contribution in [3.8, 4) is 0 Å². The van der Waals surface area contributed by atoms with Crippen LogP contribution in [-0.2, 0) is 14.4 Å². The fraction of sp³-hybridized carbons (Fsp3) is 0.875. The van der Waals surface area contributed by atoms with Gasteiger partial charge in [-0.05, 0) is 56.3 Å². The molecule has 0 aromatic heterocycles. The molecular weight excluding hydrogens is 549 g/mol. The van der Waals surface area contributed by atoms with Crippen LogP contribution in [0.25, 0.3) is 0 Å². The predicted molar refractivity (Wildman–Crippen MR) is 115 cm³/mol. The van der Waals surface area contributed by atoms with Crippen molar-refractivity contribution in [3.63, 3.8) is 0 Å². The van der Waals surface area contributed by atoms with E-state index in [-0.39, 0.29) is 57.0 Å². The van der Waals surface area contributed by atoms with E-state index in [1.807, 2.05) is 0 Å². The smallest absolute Gasteiger partial charge is 0.550 e. The molecule has 0 aliphatic carbocycles. The second kappa shape index (κ2) is 27.7. The second-order valence-electron chi connectivity index (χ2n) is 9.03. The van der Waals surface area contributed by atoms with Crippen molar-refractivity contribution >= 4 is 17.9 Å². The minimum Gasteiger partial charge on any atom is -0.550 e. The van der Waals surface area contributed by atoms with Crippen LogP contribution in [0.15, 0.2) is 0 Å². The Bertz CT molecular complexity index is 360. The molecule has 0 aromatic rings. The van der Waals surface area contributed by atoms with Crippen molar-refractivity contribution in [2.75, 3.05) is 0 Å². The van der Waals surface area contributed by atoms with Gasteiger partial charge in [-0.15, -0.1) is 0 Å². The van der Waals surface area contributed by atoms with Crippen molar-refractivity contribution in [3.05, 3.63) is 0 Å². The van der Waals surface area contributed by atoms with Gasteiger partial charge in [0.15, 0.2) is 0 Å². The third kappa shape index (κ3) is 53.2. The molecule has 0 rings (SSSR count). The Hall–Kier alpha value is -0.330. The van der Waals surface area contributed by atoms with Gasteiger partial charge in [-0.2, -0.15) is 0 Å². The van der Waals surface area contributed by atoms with Crippen LogP contribution in [0.4, 0.5) is 0 Å². The third-order valence-electron chi connectivity index (χ3n) is 4.24. The first kappa shape index (κ1) is 38.0. The maximum atomic E-state index is 9.93. The Morgan fingerprint density at radius 1 is 0.484 bits per heavy atom. The van der Waals surface area contributed by atoms with Crippen molar-refractivity contribution in [2.45, 2.75) is 119 Å². The quantitative estimate of drug-likeness (QED) is 0.213. The first-order valence-electron chi connectivity index (χ1n) is 11.5. The van der Waals surface area contributed by atoms with E-state index < -0.39 is 17.9 Å². The minimum absolute atomic E-state index is 0. The van der Waals surface area contributed by atoms with Gasteiger partial charge in [0.25, 0.3) is 0 Å². The number of carboxylic acid groups (broad SMARTS) is 3. The zero-order chi connectivity index (χ0) is 23.9. The molecule has 31 heavy (non-hydrogen) atoms. The minimum atomic E-state index is -0.927. The van der Waals surface area contributed by atoms with E-state index in [4.69, 9.17) is 0 Å². The summed E-state index contributed by atoms with van der Waals surface area (Å²) in [5, 5.41) is 29.8. The molecule has 6 nitrogen and oxygen atoms in total. The molecule has 0 saturated carbocycles. The van der Waals surface area contributed by atoms with Crippen LogP contribution in [0.2, 0.25) is 0 Å². The van der Waals surface area contributed by atoms with Crippen molar-refractivity contribution in [2.24, 2.45) is 17.8 Å². The predicted octanol–water partition coefficient (Wildman–Crippen LogP) is 2.86. The fourth-order valence-corrected chi connectivity index (χ4v) is 2.47. The van der Waals surface area contributed by atoms with E-state index in [0.717, 1.165) is 57.8 Å². The number of carboxylic acids is 3. The molecule has 0 heterocycles. The molecule has 0 saturated heterocycles. The molecule has 7 heteroatoms. The van der Waals surface area contributed by atoms with E-state index in [2.05, 4.69) is 41.5 Å². The molecule has 0 unspecified atom stereocenters. The molecule has 0 spiro atoms. The van der Waals surface area contributed by atoms with Crippen LogP contribution in [0.5, 0.6) is 0 Å². The zero-order valence-electron chi connectivity index (χ0n) is 20.5. The summed E-state index contributed by atoms with van der Waals surface area (Å²) < 4.78 is 0. The summed E-state index contributed by atoms with van der Waals surface area (Å²) in [5.41, 5.74) is 0. The van der Waals surface area contributed by atoms with Gasteiger partial charge in [0.2, 0.25) is 0 Å². The summed E-state index contributed by atoms with van der Waals surface area (Å²) in [6, 6.07) is 0. The average Bonchev–Trinajstić information content (AvgIpc) is 2.60. The van der Waals surface area contributed by atoms with Gasteiger partial charge in [-0.25, -0.2) is 0 Å². The van der Waals surface area contributed by atoms with E-state index in [9.17, 15) is 29.7 Å². The molecular formula is C24H45HoO6. The van der Waals surface area contributed by atoms with Gasteiger partial charge in [0, 0.05) is 17.9 Å². The van der Waals surface area contributed by atoms with E-state index in [1.165, 1.54) is 0 Å². The largest absolute Gasteiger partial charge is 3.00 e. The maximum absolute atomic E-state index is 9.93. The molecule has 0 fully saturated rings. The van der Waals surface area contributed by atoms with Crippen LogP contribution >= 0.6 is 0 Å². The van der Waals surface area contributed by atoms with Gasteiger partial charge < -0.3 is 29.7 Å². The first-order chi connectivity index (χ1) is 13.9. The van der Waals surface area contributed by atoms with Crippen molar-refractivity contribution < 1.29 is 67.4 Å².